The summed E-state index contributed by atoms with van der Waals surface area (Å²) in [6.45, 7) is 0. The Hall–Kier alpha value is -2.70. The molecule has 0 fully saturated rings. The van der Waals surface area contributed by atoms with E-state index >= 15 is 0 Å². The molecule has 5 nitrogen and oxygen atoms in total. The highest BCUT2D eigenvalue weighted by Crippen LogP contribution is 2.48. The van der Waals surface area contributed by atoms with Crippen molar-refractivity contribution in [3.63, 3.8) is 0 Å². The van der Waals surface area contributed by atoms with Crippen molar-refractivity contribution in [2.75, 3.05) is 14.2 Å². The highest BCUT2D eigenvalue weighted by molar-refractivity contribution is 9.10. The summed E-state index contributed by atoms with van der Waals surface area (Å²) < 4.78 is 18.0. The molecule has 31 heavy (non-hydrogen) atoms. The normalized spacial score (nSPS) is 19.2. The monoisotopic (exact) mass is 498 g/mol. The Morgan fingerprint density at radius 1 is 1.03 bits per heavy atom. The van der Waals surface area contributed by atoms with Gasteiger partial charge in [-0.2, -0.15) is 5.10 Å². The minimum atomic E-state index is -0.364. The topological polar surface area (TPSA) is 43.3 Å². The first-order chi connectivity index (χ1) is 15.1. The summed E-state index contributed by atoms with van der Waals surface area (Å²) in [5, 5.41) is 7.71. The van der Waals surface area contributed by atoms with Crippen molar-refractivity contribution in [3.05, 3.63) is 86.8 Å². The molecule has 2 atom stereocenters. The quantitative estimate of drug-likeness (QED) is 0.419. The van der Waals surface area contributed by atoms with Crippen LogP contribution in [0.1, 0.15) is 35.4 Å². The van der Waals surface area contributed by atoms with Crippen LogP contribution in [0.4, 0.5) is 0 Å². The average Bonchev–Trinajstić information content (AvgIpc) is 3.24. The van der Waals surface area contributed by atoms with Crippen molar-refractivity contribution in [1.82, 2.24) is 5.01 Å². The third-order valence-electron chi connectivity index (χ3n) is 5.64. The second-order valence-electron chi connectivity index (χ2n) is 7.42. The second-order valence-corrected chi connectivity index (χ2v) is 8.71. The molecule has 0 unspecified atom stereocenters. The van der Waals surface area contributed by atoms with E-state index in [0.29, 0.717) is 5.02 Å². The largest absolute Gasteiger partial charge is 0.497 e. The molecule has 2 aliphatic rings. The van der Waals surface area contributed by atoms with Gasteiger partial charge in [0.25, 0.3) is 0 Å². The van der Waals surface area contributed by atoms with Crippen LogP contribution in [0.25, 0.3) is 0 Å². The molecule has 7 heteroatoms. The number of halogens is 2. The number of hydrazone groups is 1. The summed E-state index contributed by atoms with van der Waals surface area (Å²) in [7, 11) is 3.32. The van der Waals surface area contributed by atoms with Crippen LogP contribution in [0, 0.1) is 0 Å². The maximum absolute atomic E-state index is 6.41. The molecule has 0 saturated carbocycles. The lowest BCUT2D eigenvalue weighted by Crippen LogP contribution is -2.33. The number of rotatable bonds is 4. The molecule has 0 saturated heterocycles. The standard InChI is InChI=1S/C24H20BrClN2O3/c1-29-17-7-3-14(4-8-17)20-13-21-18-12-16(26)6-10-22(18)31-24(28(21)27-20)15-5-9-23(30-2)19(25)11-15/h3-12,21,24H,13H2,1-2H3/t21-,24+/m0/s1. The molecule has 0 radical (unpaired) electrons. The van der Waals surface area contributed by atoms with E-state index in [9.17, 15) is 0 Å². The Labute approximate surface area is 194 Å². The fourth-order valence-corrected chi connectivity index (χ4v) is 4.81. The molecular weight excluding hydrogens is 480 g/mol. The summed E-state index contributed by atoms with van der Waals surface area (Å²) in [4.78, 5) is 0. The van der Waals surface area contributed by atoms with Gasteiger partial charge in [-0.1, -0.05) is 11.6 Å². The number of hydrogen-bond acceptors (Lipinski definition) is 5. The van der Waals surface area contributed by atoms with Gasteiger partial charge in [0, 0.05) is 22.6 Å². The third kappa shape index (κ3) is 3.64. The lowest BCUT2D eigenvalue weighted by Gasteiger charge is -2.38. The van der Waals surface area contributed by atoms with E-state index in [1.54, 1.807) is 14.2 Å². The maximum Gasteiger partial charge on any atom is 0.213 e. The zero-order valence-electron chi connectivity index (χ0n) is 17.0. The first-order valence-electron chi connectivity index (χ1n) is 9.87. The Bertz CT molecular complexity index is 1170. The Morgan fingerprint density at radius 3 is 2.55 bits per heavy atom. The minimum Gasteiger partial charge on any atom is -0.497 e. The number of ether oxygens (including phenoxy) is 3. The van der Waals surface area contributed by atoms with Gasteiger partial charge in [0.15, 0.2) is 0 Å². The van der Waals surface area contributed by atoms with Crippen molar-refractivity contribution < 1.29 is 14.2 Å². The summed E-state index contributed by atoms with van der Waals surface area (Å²) >= 11 is 9.90. The van der Waals surface area contributed by atoms with Crippen molar-refractivity contribution in [3.8, 4) is 17.2 Å². The van der Waals surface area contributed by atoms with Crippen LogP contribution in [0.5, 0.6) is 17.2 Å². The van der Waals surface area contributed by atoms with Gasteiger partial charge < -0.3 is 14.2 Å². The highest BCUT2D eigenvalue weighted by atomic mass is 79.9. The molecule has 5 rings (SSSR count). The molecule has 0 N–H and O–H groups in total. The Morgan fingerprint density at radius 2 is 1.84 bits per heavy atom. The van der Waals surface area contributed by atoms with Gasteiger partial charge in [-0.3, -0.25) is 0 Å². The lowest BCUT2D eigenvalue weighted by molar-refractivity contribution is -0.0190. The van der Waals surface area contributed by atoms with E-state index in [1.807, 2.05) is 65.7 Å². The Balaban J connectivity index is 1.57. The van der Waals surface area contributed by atoms with E-state index in [0.717, 1.165) is 50.5 Å². The van der Waals surface area contributed by atoms with Crippen molar-refractivity contribution in [2.45, 2.75) is 18.7 Å². The number of methoxy groups -OCH3 is 2. The smallest absolute Gasteiger partial charge is 0.213 e. The van der Waals surface area contributed by atoms with Gasteiger partial charge in [-0.15, -0.1) is 0 Å². The lowest BCUT2D eigenvalue weighted by atomic mass is 9.96. The van der Waals surface area contributed by atoms with Gasteiger partial charge >= 0.3 is 0 Å². The molecule has 2 aliphatic heterocycles. The summed E-state index contributed by atoms with van der Waals surface area (Å²) in [5.74, 6) is 2.42. The molecule has 0 bridgehead atoms. The molecule has 3 aromatic carbocycles. The SMILES string of the molecule is COc1ccc(C2=NN3[C@@H](c4ccc(OC)c(Br)c4)Oc4ccc(Cl)cc4[C@@H]3C2)cc1. The van der Waals surface area contributed by atoms with Crippen LogP contribution < -0.4 is 14.2 Å². The zero-order chi connectivity index (χ0) is 21.5. The fraction of sp³-hybridized carbons (Fsp3) is 0.208. The van der Waals surface area contributed by atoms with Crippen molar-refractivity contribution >= 4 is 33.2 Å². The van der Waals surface area contributed by atoms with E-state index in [-0.39, 0.29) is 12.3 Å². The summed E-state index contributed by atoms with van der Waals surface area (Å²) in [5.41, 5.74) is 4.09. The average molecular weight is 500 g/mol. The zero-order valence-corrected chi connectivity index (χ0v) is 19.4. The highest BCUT2D eigenvalue weighted by Gasteiger charge is 2.41. The second kappa shape index (κ2) is 8.09. The van der Waals surface area contributed by atoms with Crippen molar-refractivity contribution in [2.24, 2.45) is 5.10 Å². The number of fused-ring (bicyclic) bond motifs is 3. The Kier molecular flexibility index (Phi) is 5.28. The van der Waals surface area contributed by atoms with Crippen LogP contribution in [0.15, 0.2) is 70.2 Å². The van der Waals surface area contributed by atoms with Crippen LogP contribution in [-0.4, -0.2) is 24.9 Å². The van der Waals surface area contributed by atoms with Gasteiger partial charge in [0.05, 0.1) is 30.4 Å². The number of benzene rings is 3. The van der Waals surface area contributed by atoms with E-state index in [1.165, 1.54) is 0 Å². The minimum absolute atomic E-state index is 0.0328. The van der Waals surface area contributed by atoms with E-state index in [2.05, 4.69) is 15.9 Å². The van der Waals surface area contributed by atoms with E-state index in [4.69, 9.17) is 30.9 Å². The fourth-order valence-electron chi connectivity index (χ4n) is 4.07. The number of hydrogen-bond donors (Lipinski definition) is 0. The van der Waals surface area contributed by atoms with Gasteiger partial charge in [0.2, 0.25) is 6.23 Å². The molecule has 158 valence electrons. The first-order valence-corrected chi connectivity index (χ1v) is 11.0. The van der Waals surface area contributed by atoms with Crippen LogP contribution in [0.2, 0.25) is 5.02 Å². The van der Waals surface area contributed by atoms with Gasteiger partial charge in [-0.05, 0) is 82.2 Å². The van der Waals surface area contributed by atoms with Crippen LogP contribution in [-0.2, 0) is 0 Å². The third-order valence-corrected chi connectivity index (χ3v) is 6.49. The van der Waals surface area contributed by atoms with Crippen molar-refractivity contribution in [1.29, 1.82) is 0 Å². The van der Waals surface area contributed by atoms with Gasteiger partial charge in [0.1, 0.15) is 17.2 Å². The summed E-state index contributed by atoms with van der Waals surface area (Å²) in [6.07, 6.45) is 0.397. The molecule has 3 aromatic rings. The van der Waals surface area contributed by atoms with E-state index < -0.39 is 0 Å². The van der Waals surface area contributed by atoms with Crippen LogP contribution in [0.3, 0.4) is 0 Å². The summed E-state index contributed by atoms with van der Waals surface area (Å²) in [6, 6.07) is 19.7. The molecule has 0 spiro atoms. The molecule has 0 aromatic heterocycles. The number of nitrogens with zero attached hydrogens (tertiary/aromatic N) is 2. The predicted octanol–water partition coefficient (Wildman–Crippen LogP) is 6.36. The van der Waals surface area contributed by atoms with Gasteiger partial charge in [-0.25, -0.2) is 5.01 Å². The van der Waals surface area contributed by atoms with Crippen LogP contribution >= 0.6 is 27.5 Å². The molecule has 0 aliphatic carbocycles. The molecule has 0 amide bonds. The maximum atomic E-state index is 6.41. The molecular formula is C24H20BrClN2O3. The first kappa shape index (κ1) is 20.2. The molecule has 2 heterocycles. The predicted molar refractivity (Wildman–Crippen MR) is 124 cm³/mol.